The Kier molecular flexibility index (Phi) is 6.04. The highest BCUT2D eigenvalue weighted by molar-refractivity contribution is 7.88. The molecule has 1 aliphatic rings. The van der Waals surface area contributed by atoms with Crippen LogP contribution in [0.5, 0.6) is 0 Å². The Labute approximate surface area is 164 Å². The predicted octanol–water partition coefficient (Wildman–Crippen LogP) is 3.33. The zero-order valence-electron chi connectivity index (χ0n) is 15.1. The van der Waals surface area contributed by atoms with E-state index in [0.717, 1.165) is 11.1 Å². The molecule has 1 N–H and O–H groups in total. The van der Waals surface area contributed by atoms with Crippen molar-refractivity contribution < 1.29 is 13.2 Å². The van der Waals surface area contributed by atoms with E-state index < -0.39 is 10.0 Å². The molecule has 1 aliphatic heterocycles. The summed E-state index contributed by atoms with van der Waals surface area (Å²) in [6.07, 6.45) is 0. The standard InChI is InChI=1S/C19H22ClN3O3S/c1-15-7-8-17(13-18(15)20)21-19(24)22-9-11-23(12-10-22)27(25,26)14-16-5-3-2-4-6-16/h2-8,13H,9-12,14H2,1H3,(H,21,24). The number of halogens is 1. The summed E-state index contributed by atoms with van der Waals surface area (Å²) in [5, 5.41) is 3.40. The highest BCUT2D eigenvalue weighted by Gasteiger charge is 2.29. The molecule has 2 amide bonds. The third-order valence-corrected chi connectivity index (χ3v) is 6.79. The second-order valence-corrected chi connectivity index (χ2v) is 8.90. The molecule has 0 aliphatic carbocycles. The van der Waals surface area contributed by atoms with Gasteiger partial charge in [-0.2, -0.15) is 4.31 Å². The Morgan fingerprint density at radius 1 is 1.07 bits per heavy atom. The van der Waals surface area contributed by atoms with Crippen LogP contribution in [0.2, 0.25) is 5.02 Å². The zero-order chi connectivity index (χ0) is 19.4. The number of nitrogens with one attached hydrogen (secondary N) is 1. The minimum Gasteiger partial charge on any atom is -0.322 e. The van der Waals surface area contributed by atoms with Crippen molar-refractivity contribution in [2.24, 2.45) is 0 Å². The summed E-state index contributed by atoms with van der Waals surface area (Å²) in [5.41, 5.74) is 2.32. The van der Waals surface area contributed by atoms with Crippen molar-refractivity contribution in [2.75, 3.05) is 31.5 Å². The van der Waals surface area contributed by atoms with Gasteiger partial charge >= 0.3 is 6.03 Å². The molecule has 2 aromatic rings. The van der Waals surface area contributed by atoms with Crippen molar-refractivity contribution in [3.8, 4) is 0 Å². The van der Waals surface area contributed by atoms with E-state index in [1.807, 2.05) is 31.2 Å². The first-order valence-electron chi connectivity index (χ1n) is 8.69. The van der Waals surface area contributed by atoms with Gasteiger partial charge in [-0.05, 0) is 30.2 Å². The predicted molar refractivity (Wildman–Crippen MR) is 107 cm³/mol. The molecule has 2 aromatic carbocycles. The third-order valence-electron chi connectivity index (χ3n) is 4.53. The average molecular weight is 408 g/mol. The van der Waals surface area contributed by atoms with Gasteiger partial charge in [0.2, 0.25) is 10.0 Å². The first-order chi connectivity index (χ1) is 12.8. The van der Waals surface area contributed by atoms with Crippen molar-refractivity contribution >= 4 is 33.3 Å². The van der Waals surface area contributed by atoms with Crippen LogP contribution in [0.15, 0.2) is 48.5 Å². The lowest BCUT2D eigenvalue weighted by Gasteiger charge is -2.34. The fourth-order valence-corrected chi connectivity index (χ4v) is 4.62. The Morgan fingerprint density at radius 2 is 1.74 bits per heavy atom. The molecule has 144 valence electrons. The molecule has 0 spiro atoms. The van der Waals surface area contributed by atoms with E-state index in [-0.39, 0.29) is 24.9 Å². The molecule has 3 rings (SSSR count). The molecule has 27 heavy (non-hydrogen) atoms. The number of carbonyl (C=O) groups excluding carboxylic acids is 1. The van der Waals surface area contributed by atoms with Gasteiger partial charge in [-0.1, -0.05) is 48.0 Å². The molecule has 0 saturated carbocycles. The summed E-state index contributed by atoms with van der Waals surface area (Å²) < 4.78 is 26.6. The quantitative estimate of drug-likeness (QED) is 0.845. The van der Waals surface area contributed by atoms with E-state index in [1.165, 1.54) is 4.31 Å². The lowest BCUT2D eigenvalue weighted by atomic mass is 10.2. The Bertz CT molecular complexity index is 911. The molecule has 1 heterocycles. The maximum atomic E-state index is 12.6. The molecule has 0 bridgehead atoms. The van der Waals surface area contributed by atoms with E-state index in [0.29, 0.717) is 23.8 Å². The summed E-state index contributed by atoms with van der Waals surface area (Å²) in [6, 6.07) is 14.2. The molecule has 1 fully saturated rings. The van der Waals surface area contributed by atoms with Crippen LogP contribution in [0, 0.1) is 6.92 Å². The lowest BCUT2D eigenvalue weighted by molar-refractivity contribution is 0.184. The van der Waals surface area contributed by atoms with Crippen molar-refractivity contribution in [1.29, 1.82) is 0 Å². The van der Waals surface area contributed by atoms with E-state index in [1.54, 1.807) is 29.2 Å². The van der Waals surface area contributed by atoms with E-state index >= 15 is 0 Å². The Morgan fingerprint density at radius 3 is 2.37 bits per heavy atom. The van der Waals surface area contributed by atoms with E-state index in [4.69, 9.17) is 11.6 Å². The number of amides is 2. The van der Waals surface area contributed by atoms with Gasteiger partial charge in [0, 0.05) is 36.9 Å². The Balaban J connectivity index is 1.56. The van der Waals surface area contributed by atoms with Crippen LogP contribution in [0.1, 0.15) is 11.1 Å². The zero-order valence-corrected chi connectivity index (χ0v) is 16.6. The number of hydrogen-bond acceptors (Lipinski definition) is 3. The van der Waals surface area contributed by atoms with Crippen LogP contribution in [-0.4, -0.2) is 49.8 Å². The highest BCUT2D eigenvalue weighted by atomic mass is 35.5. The van der Waals surface area contributed by atoms with Gasteiger partial charge < -0.3 is 10.2 Å². The monoisotopic (exact) mass is 407 g/mol. The summed E-state index contributed by atoms with van der Waals surface area (Å²) in [6.45, 7) is 3.16. The summed E-state index contributed by atoms with van der Waals surface area (Å²) in [7, 11) is -3.40. The second-order valence-electron chi connectivity index (χ2n) is 6.52. The highest BCUT2D eigenvalue weighted by Crippen LogP contribution is 2.21. The first-order valence-corrected chi connectivity index (χ1v) is 10.7. The van der Waals surface area contributed by atoms with Gasteiger partial charge in [-0.15, -0.1) is 0 Å². The number of hydrogen-bond donors (Lipinski definition) is 1. The second kappa shape index (κ2) is 8.29. The van der Waals surface area contributed by atoms with Crippen LogP contribution < -0.4 is 5.32 Å². The molecule has 1 saturated heterocycles. The number of nitrogens with zero attached hydrogens (tertiary/aromatic N) is 2. The van der Waals surface area contributed by atoms with Crippen molar-refractivity contribution in [2.45, 2.75) is 12.7 Å². The number of carbonyl (C=O) groups is 1. The number of rotatable bonds is 4. The van der Waals surface area contributed by atoms with Gasteiger partial charge in [0.15, 0.2) is 0 Å². The van der Waals surface area contributed by atoms with Crippen molar-refractivity contribution in [3.05, 3.63) is 64.7 Å². The first kappa shape index (κ1) is 19.7. The number of urea groups is 1. The van der Waals surface area contributed by atoms with Crippen LogP contribution in [0.4, 0.5) is 10.5 Å². The van der Waals surface area contributed by atoms with Crippen LogP contribution in [0.25, 0.3) is 0 Å². The largest absolute Gasteiger partial charge is 0.322 e. The summed E-state index contributed by atoms with van der Waals surface area (Å²) in [5.74, 6) is -0.0259. The van der Waals surface area contributed by atoms with E-state index in [9.17, 15) is 13.2 Å². The maximum absolute atomic E-state index is 12.6. The van der Waals surface area contributed by atoms with Gasteiger partial charge in [-0.3, -0.25) is 0 Å². The normalized spacial score (nSPS) is 15.6. The van der Waals surface area contributed by atoms with Gasteiger partial charge in [-0.25, -0.2) is 13.2 Å². The molecular formula is C19H22ClN3O3S. The molecule has 0 radical (unpaired) electrons. The molecule has 0 aromatic heterocycles. The topological polar surface area (TPSA) is 69.7 Å². The minimum absolute atomic E-state index is 0.0259. The molecule has 8 heteroatoms. The van der Waals surface area contributed by atoms with E-state index in [2.05, 4.69) is 5.32 Å². The molecule has 6 nitrogen and oxygen atoms in total. The smallest absolute Gasteiger partial charge is 0.321 e. The summed E-state index contributed by atoms with van der Waals surface area (Å²) >= 11 is 6.08. The van der Waals surface area contributed by atoms with Gasteiger partial charge in [0.05, 0.1) is 5.75 Å². The maximum Gasteiger partial charge on any atom is 0.321 e. The van der Waals surface area contributed by atoms with Crippen LogP contribution >= 0.6 is 11.6 Å². The third kappa shape index (κ3) is 5.00. The van der Waals surface area contributed by atoms with Crippen molar-refractivity contribution in [1.82, 2.24) is 9.21 Å². The molecule has 0 unspecified atom stereocenters. The fourth-order valence-electron chi connectivity index (χ4n) is 2.92. The number of aryl methyl sites for hydroxylation is 1. The van der Waals surface area contributed by atoms with Crippen molar-refractivity contribution in [3.63, 3.8) is 0 Å². The number of sulfonamides is 1. The number of benzene rings is 2. The molecular weight excluding hydrogens is 386 g/mol. The molecule has 0 atom stereocenters. The fraction of sp³-hybridized carbons (Fsp3) is 0.316. The number of anilines is 1. The minimum atomic E-state index is -3.40. The Hall–Kier alpha value is -2.09. The number of piperazine rings is 1. The summed E-state index contributed by atoms with van der Waals surface area (Å²) in [4.78, 5) is 14.0. The SMILES string of the molecule is Cc1ccc(NC(=O)N2CCN(S(=O)(=O)Cc3ccccc3)CC2)cc1Cl. The van der Waals surface area contributed by atoms with Crippen LogP contribution in [-0.2, 0) is 15.8 Å². The lowest BCUT2D eigenvalue weighted by Crippen LogP contribution is -2.51. The van der Waals surface area contributed by atoms with Gasteiger partial charge in [0.1, 0.15) is 0 Å². The van der Waals surface area contributed by atoms with Gasteiger partial charge in [0.25, 0.3) is 0 Å². The average Bonchev–Trinajstić information content (AvgIpc) is 2.65. The van der Waals surface area contributed by atoms with Crippen LogP contribution in [0.3, 0.4) is 0 Å².